The second kappa shape index (κ2) is 6.37. The highest BCUT2D eigenvalue weighted by Gasteiger charge is 2.12. The van der Waals surface area contributed by atoms with E-state index in [0.717, 1.165) is 15.9 Å². The lowest BCUT2D eigenvalue weighted by Gasteiger charge is -2.16. The van der Waals surface area contributed by atoms with E-state index in [2.05, 4.69) is 34.1 Å². The van der Waals surface area contributed by atoms with Gasteiger partial charge in [-0.25, -0.2) is 0 Å². The molecule has 94 valence electrons. The van der Waals surface area contributed by atoms with Crippen LogP contribution < -0.4 is 5.73 Å². The first-order valence-electron chi connectivity index (χ1n) is 5.89. The van der Waals surface area contributed by atoms with Gasteiger partial charge in [0.1, 0.15) is 0 Å². The summed E-state index contributed by atoms with van der Waals surface area (Å²) in [4.78, 5) is 0. The van der Waals surface area contributed by atoms with E-state index in [1.54, 1.807) is 0 Å². The first kappa shape index (κ1) is 13.6. The molecule has 0 aliphatic heterocycles. The highest BCUT2D eigenvalue weighted by molar-refractivity contribution is 9.10. The number of hydrogen-bond acceptors (Lipinski definition) is 1. The van der Waals surface area contributed by atoms with Gasteiger partial charge >= 0.3 is 0 Å². The summed E-state index contributed by atoms with van der Waals surface area (Å²) < 4.78 is 1.13. The predicted molar refractivity (Wildman–Crippen MR) is 81.1 cm³/mol. The van der Waals surface area contributed by atoms with Crippen LogP contribution in [0.1, 0.15) is 17.0 Å². The Morgan fingerprint density at radius 2 is 1.89 bits per heavy atom. The fourth-order valence-electron chi connectivity index (χ4n) is 2.03. The Morgan fingerprint density at radius 3 is 2.56 bits per heavy atom. The second-order valence-electron chi connectivity index (χ2n) is 4.28. The van der Waals surface area contributed by atoms with Crippen molar-refractivity contribution < 1.29 is 0 Å². The van der Waals surface area contributed by atoms with Crippen molar-refractivity contribution in [2.75, 3.05) is 6.54 Å². The lowest BCUT2D eigenvalue weighted by Crippen LogP contribution is -2.15. The van der Waals surface area contributed by atoms with E-state index in [1.165, 1.54) is 11.1 Å². The van der Waals surface area contributed by atoms with Gasteiger partial charge in [-0.3, -0.25) is 0 Å². The van der Waals surface area contributed by atoms with Crippen molar-refractivity contribution >= 4 is 27.5 Å². The highest BCUT2D eigenvalue weighted by Crippen LogP contribution is 2.26. The van der Waals surface area contributed by atoms with Crippen molar-refractivity contribution in [1.82, 2.24) is 0 Å². The molecule has 2 N–H and O–H groups in total. The molecule has 1 unspecified atom stereocenters. The summed E-state index contributed by atoms with van der Waals surface area (Å²) in [5, 5.41) is 0.762. The molecule has 0 aliphatic rings. The van der Waals surface area contributed by atoms with E-state index in [1.807, 2.05) is 30.3 Å². The van der Waals surface area contributed by atoms with E-state index >= 15 is 0 Å². The zero-order valence-corrected chi connectivity index (χ0v) is 12.3. The molecular formula is C15H15BrClN. The van der Waals surface area contributed by atoms with Gasteiger partial charge in [-0.2, -0.15) is 0 Å². The third-order valence-electron chi connectivity index (χ3n) is 3.03. The maximum atomic E-state index is 6.03. The Kier molecular flexibility index (Phi) is 4.81. The maximum Gasteiger partial charge on any atom is 0.0408 e. The van der Waals surface area contributed by atoms with Crippen molar-refractivity contribution in [2.45, 2.75) is 12.3 Å². The van der Waals surface area contributed by atoms with Crippen LogP contribution in [0, 0.1) is 0 Å². The minimum absolute atomic E-state index is 0.294. The van der Waals surface area contributed by atoms with Crippen LogP contribution in [0.2, 0.25) is 5.02 Å². The summed E-state index contributed by atoms with van der Waals surface area (Å²) in [7, 11) is 0. The van der Waals surface area contributed by atoms with Gasteiger partial charge < -0.3 is 5.73 Å². The third kappa shape index (κ3) is 3.35. The summed E-state index contributed by atoms with van der Waals surface area (Å²) in [6, 6.07) is 16.2. The van der Waals surface area contributed by atoms with Crippen LogP contribution in [0.5, 0.6) is 0 Å². The van der Waals surface area contributed by atoms with Crippen molar-refractivity contribution in [2.24, 2.45) is 5.73 Å². The van der Waals surface area contributed by atoms with Crippen molar-refractivity contribution in [3.8, 4) is 0 Å². The molecule has 0 aromatic heterocycles. The van der Waals surface area contributed by atoms with Crippen molar-refractivity contribution in [1.29, 1.82) is 0 Å². The van der Waals surface area contributed by atoms with E-state index in [4.69, 9.17) is 17.3 Å². The molecule has 2 aromatic carbocycles. The van der Waals surface area contributed by atoms with Gasteiger partial charge in [0.15, 0.2) is 0 Å². The average Bonchev–Trinajstić information content (AvgIpc) is 2.38. The summed E-state index contributed by atoms with van der Waals surface area (Å²) >= 11 is 9.60. The zero-order valence-electron chi connectivity index (χ0n) is 9.94. The molecule has 2 rings (SSSR count). The van der Waals surface area contributed by atoms with Gasteiger partial charge in [-0.1, -0.05) is 57.9 Å². The molecule has 1 nitrogen and oxygen atoms in total. The van der Waals surface area contributed by atoms with Crippen LogP contribution >= 0.6 is 27.5 Å². The van der Waals surface area contributed by atoms with E-state index in [9.17, 15) is 0 Å². The van der Waals surface area contributed by atoms with Crippen molar-refractivity contribution in [3.05, 3.63) is 69.2 Å². The molecule has 0 heterocycles. The fraction of sp³-hybridized carbons (Fsp3) is 0.200. The van der Waals surface area contributed by atoms with Crippen molar-refractivity contribution in [3.63, 3.8) is 0 Å². The van der Waals surface area contributed by atoms with Gasteiger partial charge in [-0.05, 0) is 42.3 Å². The molecule has 0 bridgehead atoms. The van der Waals surface area contributed by atoms with Crippen LogP contribution in [0.15, 0.2) is 53.0 Å². The van der Waals surface area contributed by atoms with Gasteiger partial charge in [0.25, 0.3) is 0 Å². The molecule has 3 heteroatoms. The predicted octanol–water partition coefficient (Wildman–Crippen LogP) is 4.39. The molecule has 1 atom stereocenters. The molecule has 18 heavy (non-hydrogen) atoms. The van der Waals surface area contributed by atoms with Crippen LogP contribution in [-0.2, 0) is 6.42 Å². The summed E-state index contributed by atoms with van der Waals surface area (Å²) in [5.74, 6) is 0.294. The maximum absolute atomic E-state index is 6.03. The molecular weight excluding hydrogens is 310 g/mol. The normalized spacial score (nSPS) is 12.4. The summed E-state index contributed by atoms with van der Waals surface area (Å²) in [6.07, 6.45) is 0.915. The van der Waals surface area contributed by atoms with Gasteiger partial charge in [0.05, 0.1) is 0 Å². The molecule has 0 radical (unpaired) electrons. The van der Waals surface area contributed by atoms with Crippen LogP contribution in [0.3, 0.4) is 0 Å². The van der Waals surface area contributed by atoms with Crippen LogP contribution in [-0.4, -0.2) is 6.54 Å². The Labute approximate surface area is 121 Å². The Balaban J connectivity index is 2.23. The number of halogens is 2. The van der Waals surface area contributed by atoms with E-state index < -0.39 is 0 Å². The standard InChI is InChI=1S/C15H15BrClN/c16-15-7-2-1-4-12(15)8-13(10-18)11-5-3-6-14(17)9-11/h1-7,9,13H,8,10,18H2. The number of rotatable bonds is 4. The Hall–Kier alpha value is -0.830. The molecule has 0 saturated heterocycles. The smallest absolute Gasteiger partial charge is 0.0408 e. The van der Waals surface area contributed by atoms with E-state index in [-0.39, 0.29) is 0 Å². The Bertz CT molecular complexity index is 527. The monoisotopic (exact) mass is 323 g/mol. The zero-order chi connectivity index (χ0) is 13.0. The molecule has 0 fully saturated rings. The first-order chi connectivity index (χ1) is 8.70. The molecule has 0 spiro atoms. The molecule has 0 aliphatic carbocycles. The van der Waals surface area contributed by atoms with Crippen LogP contribution in [0.25, 0.3) is 0 Å². The quantitative estimate of drug-likeness (QED) is 0.887. The minimum atomic E-state index is 0.294. The minimum Gasteiger partial charge on any atom is -0.330 e. The average molecular weight is 325 g/mol. The lowest BCUT2D eigenvalue weighted by atomic mass is 9.92. The summed E-state index contributed by atoms with van der Waals surface area (Å²) in [6.45, 7) is 0.613. The first-order valence-corrected chi connectivity index (χ1v) is 7.06. The lowest BCUT2D eigenvalue weighted by molar-refractivity contribution is 0.693. The van der Waals surface area contributed by atoms with Gasteiger partial charge in [-0.15, -0.1) is 0 Å². The topological polar surface area (TPSA) is 26.0 Å². The summed E-state index contributed by atoms with van der Waals surface area (Å²) in [5.41, 5.74) is 8.36. The van der Waals surface area contributed by atoms with Gasteiger partial charge in [0, 0.05) is 15.4 Å². The second-order valence-corrected chi connectivity index (χ2v) is 5.57. The fourth-order valence-corrected chi connectivity index (χ4v) is 2.67. The number of nitrogens with two attached hydrogens (primary N) is 1. The number of benzene rings is 2. The highest BCUT2D eigenvalue weighted by atomic mass is 79.9. The van der Waals surface area contributed by atoms with E-state index in [0.29, 0.717) is 12.5 Å². The Morgan fingerprint density at radius 1 is 1.11 bits per heavy atom. The third-order valence-corrected chi connectivity index (χ3v) is 4.04. The molecule has 0 saturated carbocycles. The van der Waals surface area contributed by atoms with Crippen LogP contribution in [0.4, 0.5) is 0 Å². The molecule has 0 amide bonds. The molecule has 2 aromatic rings. The largest absolute Gasteiger partial charge is 0.330 e. The van der Waals surface area contributed by atoms with Gasteiger partial charge in [0.2, 0.25) is 0 Å². The number of hydrogen-bond donors (Lipinski definition) is 1. The SMILES string of the molecule is NCC(Cc1ccccc1Br)c1cccc(Cl)c1.